The summed E-state index contributed by atoms with van der Waals surface area (Å²) in [4.78, 5) is 87.1. The van der Waals surface area contributed by atoms with Crippen LogP contribution in [0.3, 0.4) is 0 Å². The van der Waals surface area contributed by atoms with E-state index < -0.39 is 54.1 Å². The third-order valence-corrected chi connectivity index (χ3v) is 6.80. The number of aliphatic carboxylic acids is 1. The zero-order valence-corrected chi connectivity index (χ0v) is 21.9. The van der Waals surface area contributed by atoms with Gasteiger partial charge in [-0.15, -0.1) is 0 Å². The largest absolute Gasteiger partial charge is 0.481 e. The third kappa shape index (κ3) is 6.93. The van der Waals surface area contributed by atoms with Crippen LogP contribution in [-0.2, 0) is 24.0 Å². The Kier molecular flexibility index (Phi) is 9.07. The fourth-order valence-corrected chi connectivity index (χ4v) is 4.75. The van der Waals surface area contributed by atoms with Crippen LogP contribution in [0.1, 0.15) is 52.8 Å². The first-order valence-electron chi connectivity index (χ1n) is 13.1. The molecule has 0 aliphatic carbocycles. The predicted molar refractivity (Wildman–Crippen MR) is 143 cm³/mol. The van der Waals surface area contributed by atoms with E-state index in [0.29, 0.717) is 24.0 Å². The summed E-state index contributed by atoms with van der Waals surface area (Å²) in [6.07, 6.45) is 0.197. The molecule has 2 aromatic carbocycles. The molecule has 2 fully saturated rings. The van der Waals surface area contributed by atoms with E-state index in [9.17, 15) is 33.6 Å². The SMILES string of the molecule is O=C[C@H](CC(=O)O)NC(=O)[C@@H]1CCCN2C(=O)CC[C@H](NC(=O)c3ccc(NC(=O)c4ccccc4)cc3)C(=O)N12. The summed E-state index contributed by atoms with van der Waals surface area (Å²) in [5.41, 5.74) is 1.14. The van der Waals surface area contributed by atoms with Gasteiger partial charge in [-0.05, 0) is 55.7 Å². The standard InChI is InChI=1S/C28H29N5O8/c34-16-20(15-24(36)37)30-27(40)22-7-4-14-32-23(35)13-12-21(28(41)33(22)32)31-26(39)18-8-10-19(11-9-18)29-25(38)17-5-2-1-3-6-17/h1-3,5-6,8-11,16,20-22H,4,7,12-15H2,(H,29,38)(H,30,40)(H,31,39)(H,36,37)/t20-,21-,22-/m0/s1. The van der Waals surface area contributed by atoms with Crippen LogP contribution in [0.5, 0.6) is 0 Å². The molecule has 5 amide bonds. The number of hydrogen-bond donors (Lipinski definition) is 4. The van der Waals surface area contributed by atoms with E-state index >= 15 is 0 Å². The van der Waals surface area contributed by atoms with E-state index in [0.717, 1.165) is 5.01 Å². The molecule has 0 aromatic heterocycles. The van der Waals surface area contributed by atoms with Gasteiger partial charge in [-0.25, -0.2) is 5.01 Å². The highest BCUT2D eigenvalue weighted by atomic mass is 16.4. The zero-order valence-electron chi connectivity index (χ0n) is 21.9. The first kappa shape index (κ1) is 28.9. The Hall–Kier alpha value is -5.07. The highest BCUT2D eigenvalue weighted by molar-refractivity contribution is 6.05. The Balaban J connectivity index is 1.45. The van der Waals surface area contributed by atoms with Gasteiger partial charge in [0.05, 0.1) is 12.5 Å². The zero-order chi connectivity index (χ0) is 29.5. The summed E-state index contributed by atoms with van der Waals surface area (Å²) in [5.74, 6) is -4.04. The Labute approximate surface area is 234 Å². The second-order valence-corrected chi connectivity index (χ2v) is 9.67. The number of anilines is 1. The van der Waals surface area contributed by atoms with Gasteiger partial charge in [0.1, 0.15) is 18.4 Å². The first-order valence-corrected chi connectivity index (χ1v) is 13.1. The second kappa shape index (κ2) is 12.9. The van der Waals surface area contributed by atoms with Gasteiger partial charge < -0.3 is 25.9 Å². The molecular weight excluding hydrogens is 534 g/mol. The number of carboxylic acid groups (broad SMARTS) is 1. The lowest BCUT2D eigenvalue weighted by atomic mass is 10.0. The van der Waals surface area contributed by atoms with Crippen molar-refractivity contribution in [2.45, 2.75) is 50.2 Å². The van der Waals surface area contributed by atoms with Crippen molar-refractivity contribution in [3.8, 4) is 0 Å². The third-order valence-electron chi connectivity index (χ3n) is 6.80. The highest BCUT2D eigenvalue weighted by Gasteiger charge is 2.45. The second-order valence-electron chi connectivity index (χ2n) is 9.67. The summed E-state index contributed by atoms with van der Waals surface area (Å²) < 4.78 is 0. The molecule has 0 unspecified atom stereocenters. The molecule has 41 heavy (non-hydrogen) atoms. The van der Waals surface area contributed by atoms with Gasteiger partial charge in [0.2, 0.25) is 11.8 Å². The van der Waals surface area contributed by atoms with E-state index in [2.05, 4.69) is 16.0 Å². The Morgan fingerprint density at radius 2 is 1.63 bits per heavy atom. The maximum atomic E-state index is 13.6. The summed E-state index contributed by atoms with van der Waals surface area (Å²) in [5, 5.41) is 18.9. The van der Waals surface area contributed by atoms with E-state index in [-0.39, 0.29) is 37.3 Å². The molecule has 2 heterocycles. The van der Waals surface area contributed by atoms with Crippen molar-refractivity contribution in [3.05, 3.63) is 65.7 Å². The number of carboxylic acids is 1. The number of benzene rings is 2. The molecule has 13 heteroatoms. The van der Waals surface area contributed by atoms with Crippen LogP contribution in [0.15, 0.2) is 54.6 Å². The number of carbonyl (C=O) groups is 7. The molecule has 0 radical (unpaired) electrons. The molecule has 0 spiro atoms. The minimum atomic E-state index is -1.30. The molecule has 0 saturated carbocycles. The molecule has 0 bridgehead atoms. The number of aldehydes is 1. The van der Waals surface area contributed by atoms with E-state index in [1.807, 2.05) is 0 Å². The molecule has 2 saturated heterocycles. The Bertz CT molecular complexity index is 1350. The number of hydrazine groups is 1. The molecule has 4 N–H and O–H groups in total. The monoisotopic (exact) mass is 563 g/mol. The van der Waals surface area contributed by atoms with Crippen LogP contribution in [0.4, 0.5) is 5.69 Å². The number of nitrogens with zero attached hydrogens (tertiary/aromatic N) is 2. The van der Waals surface area contributed by atoms with E-state index in [4.69, 9.17) is 5.11 Å². The highest BCUT2D eigenvalue weighted by Crippen LogP contribution is 2.25. The lowest BCUT2D eigenvalue weighted by Gasteiger charge is -2.43. The topological polar surface area (TPSA) is 182 Å². The number of rotatable bonds is 9. The van der Waals surface area contributed by atoms with Gasteiger partial charge in [0.15, 0.2) is 0 Å². The maximum Gasteiger partial charge on any atom is 0.305 e. The molecule has 2 aromatic rings. The van der Waals surface area contributed by atoms with Crippen molar-refractivity contribution in [1.82, 2.24) is 20.7 Å². The molecule has 2 aliphatic heterocycles. The predicted octanol–water partition coefficient (Wildman–Crippen LogP) is 0.724. The Morgan fingerprint density at radius 1 is 0.951 bits per heavy atom. The maximum absolute atomic E-state index is 13.6. The number of hydrogen-bond acceptors (Lipinski definition) is 7. The summed E-state index contributed by atoms with van der Waals surface area (Å²) in [6, 6.07) is 11.1. The van der Waals surface area contributed by atoms with Gasteiger partial charge in [-0.3, -0.25) is 33.8 Å². The van der Waals surface area contributed by atoms with E-state index in [1.54, 1.807) is 42.5 Å². The quantitative estimate of drug-likeness (QED) is 0.322. The van der Waals surface area contributed by atoms with Gasteiger partial charge >= 0.3 is 5.97 Å². The number of fused-ring (bicyclic) bond motifs is 1. The van der Waals surface area contributed by atoms with Crippen molar-refractivity contribution < 1.29 is 38.7 Å². The molecule has 4 rings (SSSR count). The van der Waals surface area contributed by atoms with Crippen molar-refractivity contribution in [2.75, 3.05) is 11.9 Å². The van der Waals surface area contributed by atoms with Crippen molar-refractivity contribution >= 4 is 47.5 Å². The number of amides is 5. The minimum Gasteiger partial charge on any atom is -0.481 e. The lowest BCUT2D eigenvalue weighted by molar-refractivity contribution is -0.176. The lowest BCUT2D eigenvalue weighted by Crippen LogP contribution is -2.64. The van der Waals surface area contributed by atoms with Crippen molar-refractivity contribution in [1.29, 1.82) is 0 Å². The van der Waals surface area contributed by atoms with Crippen LogP contribution >= 0.6 is 0 Å². The van der Waals surface area contributed by atoms with Crippen LogP contribution in [0.2, 0.25) is 0 Å². The van der Waals surface area contributed by atoms with E-state index in [1.165, 1.54) is 17.1 Å². The molecular formula is C28H29N5O8. The fraction of sp³-hybridized carbons (Fsp3) is 0.321. The summed E-state index contributed by atoms with van der Waals surface area (Å²) in [7, 11) is 0. The van der Waals surface area contributed by atoms with Gasteiger partial charge in [0, 0.05) is 29.8 Å². The smallest absolute Gasteiger partial charge is 0.305 e. The Morgan fingerprint density at radius 3 is 2.29 bits per heavy atom. The van der Waals surface area contributed by atoms with Crippen molar-refractivity contribution in [2.24, 2.45) is 0 Å². The average molecular weight is 564 g/mol. The summed E-state index contributed by atoms with van der Waals surface area (Å²) >= 11 is 0. The van der Waals surface area contributed by atoms with Crippen LogP contribution < -0.4 is 16.0 Å². The molecule has 3 atom stereocenters. The molecule has 2 aliphatic rings. The normalized spacial score (nSPS) is 19.3. The fourth-order valence-electron chi connectivity index (χ4n) is 4.75. The molecule has 214 valence electrons. The van der Waals surface area contributed by atoms with Gasteiger partial charge in [-0.1, -0.05) is 18.2 Å². The number of carbonyl (C=O) groups excluding carboxylic acids is 6. The van der Waals surface area contributed by atoms with Crippen molar-refractivity contribution in [3.63, 3.8) is 0 Å². The average Bonchev–Trinajstić information content (AvgIpc) is 3.09. The summed E-state index contributed by atoms with van der Waals surface area (Å²) in [6.45, 7) is 0.192. The molecule has 13 nitrogen and oxygen atoms in total. The van der Waals surface area contributed by atoms with Gasteiger partial charge in [-0.2, -0.15) is 0 Å². The minimum absolute atomic E-state index is 0.00589. The van der Waals surface area contributed by atoms with Crippen LogP contribution in [-0.4, -0.2) is 81.6 Å². The first-order chi connectivity index (χ1) is 19.7. The van der Waals surface area contributed by atoms with Gasteiger partial charge in [0.25, 0.3) is 17.7 Å². The number of nitrogens with one attached hydrogen (secondary N) is 3. The van der Waals surface area contributed by atoms with Crippen LogP contribution in [0.25, 0.3) is 0 Å². The van der Waals surface area contributed by atoms with Crippen LogP contribution in [0, 0.1) is 0 Å².